The van der Waals surface area contributed by atoms with Crippen molar-refractivity contribution in [1.82, 2.24) is 9.78 Å². The molecule has 1 N–H and O–H groups in total. The number of carbonyl (C=O) groups is 1. The molecule has 0 unspecified atom stereocenters. The SMILES string of the molecule is Cc1cccc([C@@H]2CC(=O)Nc3c2cnn3-c2ccc(Cl)cc2)c1. The number of carbonyl (C=O) groups excluding carboxylic acids is 1. The molecule has 1 atom stereocenters. The first-order valence-electron chi connectivity index (χ1n) is 7.82. The number of anilines is 1. The van der Waals surface area contributed by atoms with Crippen molar-refractivity contribution >= 4 is 23.3 Å². The van der Waals surface area contributed by atoms with Crippen LogP contribution in [0.5, 0.6) is 0 Å². The largest absolute Gasteiger partial charge is 0.310 e. The van der Waals surface area contributed by atoms with E-state index >= 15 is 0 Å². The predicted molar refractivity (Wildman–Crippen MR) is 94.8 cm³/mol. The molecule has 4 rings (SSSR count). The van der Waals surface area contributed by atoms with Crippen LogP contribution in [0.15, 0.2) is 54.7 Å². The van der Waals surface area contributed by atoms with Crippen LogP contribution in [0.2, 0.25) is 5.02 Å². The molecular formula is C19H16ClN3O. The molecule has 1 aromatic heterocycles. The zero-order chi connectivity index (χ0) is 16.7. The molecule has 4 nitrogen and oxygen atoms in total. The van der Waals surface area contributed by atoms with E-state index in [0.29, 0.717) is 11.4 Å². The fourth-order valence-corrected chi connectivity index (χ4v) is 3.31. The summed E-state index contributed by atoms with van der Waals surface area (Å²) in [4.78, 5) is 12.3. The van der Waals surface area contributed by atoms with Crippen molar-refractivity contribution in [3.8, 4) is 5.69 Å². The molecule has 0 saturated heterocycles. The number of rotatable bonds is 2. The van der Waals surface area contributed by atoms with E-state index in [9.17, 15) is 4.79 Å². The summed E-state index contributed by atoms with van der Waals surface area (Å²) in [6, 6.07) is 15.7. The lowest BCUT2D eigenvalue weighted by Gasteiger charge is -2.24. The van der Waals surface area contributed by atoms with Crippen molar-refractivity contribution in [2.24, 2.45) is 0 Å². The van der Waals surface area contributed by atoms with Crippen molar-refractivity contribution in [2.45, 2.75) is 19.3 Å². The van der Waals surface area contributed by atoms with E-state index in [0.717, 1.165) is 22.6 Å². The normalized spacial score (nSPS) is 16.6. The lowest BCUT2D eigenvalue weighted by Crippen LogP contribution is -2.24. The highest BCUT2D eigenvalue weighted by Crippen LogP contribution is 2.38. The molecule has 0 radical (unpaired) electrons. The number of fused-ring (bicyclic) bond motifs is 1. The van der Waals surface area contributed by atoms with Crippen LogP contribution in [0, 0.1) is 6.92 Å². The van der Waals surface area contributed by atoms with Gasteiger partial charge in [-0.15, -0.1) is 0 Å². The smallest absolute Gasteiger partial charge is 0.226 e. The summed E-state index contributed by atoms with van der Waals surface area (Å²) in [6.45, 7) is 2.06. The number of halogens is 1. The Bertz CT molecular complexity index is 915. The van der Waals surface area contributed by atoms with Gasteiger partial charge in [0.2, 0.25) is 5.91 Å². The second-order valence-corrected chi connectivity index (χ2v) is 6.49. The molecule has 2 aromatic carbocycles. The molecule has 24 heavy (non-hydrogen) atoms. The van der Waals surface area contributed by atoms with Gasteiger partial charge in [-0.1, -0.05) is 41.4 Å². The lowest BCUT2D eigenvalue weighted by atomic mass is 9.87. The van der Waals surface area contributed by atoms with Gasteiger partial charge in [0.05, 0.1) is 11.9 Å². The minimum absolute atomic E-state index is 0.00437. The molecule has 1 amide bonds. The van der Waals surface area contributed by atoms with E-state index in [1.165, 1.54) is 5.56 Å². The highest BCUT2D eigenvalue weighted by atomic mass is 35.5. The molecule has 0 aliphatic carbocycles. The van der Waals surface area contributed by atoms with Gasteiger partial charge in [0.1, 0.15) is 5.82 Å². The third-order valence-electron chi connectivity index (χ3n) is 4.34. The van der Waals surface area contributed by atoms with Crippen LogP contribution >= 0.6 is 11.6 Å². The number of hydrogen-bond acceptors (Lipinski definition) is 2. The molecule has 1 aliphatic heterocycles. The molecule has 0 spiro atoms. The summed E-state index contributed by atoms with van der Waals surface area (Å²) in [5.74, 6) is 0.763. The Balaban J connectivity index is 1.81. The van der Waals surface area contributed by atoms with Crippen LogP contribution < -0.4 is 5.32 Å². The molecule has 120 valence electrons. The van der Waals surface area contributed by atoms with Gasteiger partial charge in [0.25, 0.3) is 0 Å². The highest BCUT2D eigenvalue weighted by molar-refractivity contribution is 6.30. The third-order valence-corrected chi connectivity index (χ3v) is 4.59. The Morgan fingerprint density at radius 3 is 2.75 bits per heavy atom. The standard InChI is InChI=1S/C19H16ClN3O/c1-12-3-2-4-13(9-12)16-10-18(24)22-19-17(16)11-21-23(19)15-7-5-14(20)6-8-15/h2-9,11,16H,10H2,1H3,(H,22,24)/t16-/m0/s1. The zero-order valence-electron chi connectivity index (χ0n) is 13.2. The maximum absolute atomic E-state index is 12.3. The minimum Gasteiger partial charge on any atom is -0.310 e. The fourth-order valence-electron chi connectivity index (χ4n) is 3.18. The Labute approximate surface area is 145 Å². The van der Waals surface area contributed by atoms with E-state index in [4.69, 9.17) is 11.6 Å². The molecule has 0 saturated carbocycles. The monoisotopic (exact) mass is 337 g/mol. The van der Waals surface area contributed by atoms with Gasteiger partial charge < -0.3 is 5.32 Å². The van der Waals surface area contributed by atoms with E-state index in [1.807, 2.05) is 36.5 Å². The van der Waals surface area contributed by atoms with Crippen LogP contribution in [0.3, 0.4) is 0 Å². The lowest BCUT2D eigenvalue weighted by molar-refractivity contribution is -0.116. The van der Waals surface area contributed by atoms with Gasteiger partial charge in [-0.25, -0.2) is 4.68 Å². The van der Waals surface area contributed by atoms with Gasteiger partial charge in [-0.2, -0.15) is 5.10 Å². The summed E-state index contributed by atoms with van der Waals surface area (Å²) in [5.41, 5.74) is 4.23. The number of nitrogens with zero attached hydrogens (tertiary/aromatic N) is 2. The average Bonchev–Trinajstić information content (AvgIpc) is 2.98. The summed E-state index contributed by atoms with van der Waals surface area (Å²) in [7, 11) is 0. The summed E-state index contributed by atoms with van der Waals surface area (Å²) in [5, 5.41) is 8.12. The molecule has 1 aliphatic rings. The topological polar surface area (TPSA) is 46.9 Å². The number of aryl methyl sites for hydroxylation is 1. The predicted octanol–water partition coefficient (Wildman–Crippen LogP) is 4.31. The molecular weight excluding hydrogens is 322 g/mol. The van der Waals surface area contributed by atoms with Gasteiger partial charge in [0.15, 0.2) is 0 Å². The second-order valence-electron chi connectivity index (χ2n) is 6.06. The van der Waals surface area contributed by atoms with E-state index in [1.54, 1.807) is 4.68 Å². The number of amides is 1. The zero-order valence-corrected chi connectivity index (χ0v) is 13.9. The van der Waals surface area contributed by atoms with E-state index in [2.05, 4.69) is 35.5 Å². The molecule has 0 bridgehead atoms. The number of nitrogens with one attached hydrogen (secondary N) is 1. The maximum Gasteiger partial charge on any atom is 0.226 e. The van der Waals surface area contributed by atoms with Crippen molar-refractivity contribution in [3.63, 3.8) is 0 Å². The van der Waals surface area contributed by atoms with Crippen molar-refractivity contribution in [2.75, 3.05) is 5.32 Å². The van der Waals surface area contributed by atoms with Crippen LogP contribution in [0.1, 0.15) is 29.0 Å². The first-order chi connectivity index (χ1) is 11.6. The first kappa shape index (κ1) is 15.0. The van der Waals surface area contributed by atoms with E-state index in [-0.39, 0.29) is 11.8 Å². The quantitative estimate of drug-likeness (QED) is 0.757. The molecule has 5 heteroatoms. The molecule has 2 heterocycles. The fraction of sp³-hybridized carbons (Fsp3) is 0.158. The van der Waals surface area contributed by atoms with Crippen molar-refractivity contribution in [1.29, 1.82) is 0 Å². The van der Waals surface area contributed by atoms with Gasteiger partial charge in [-0.05, 0) is 36.8 Å². The molecule has 0 fully saturated rings. The van der Waals surface area contributed by atoms with E-state index < -0.39 is 0 Å². The highest BCUT2D eigenvalue weighted by Gasteiger charge is 2.30. The van der Waals surface area contributed by atoms with Gasteiger partial charge >= 0.3 is 0 Å². The van der Waals surface area contributed by atoms with Crippen molar-refractivity contribution in [3.05, 3.63) is 76.4 Å². The number of hydrogen-bond donors (Lipinski definition) is 1. The Morgan fingerprint density at radius 1 is 1.21 bits per heavy atom. The summed E-state index contributed by atoms with van der Waals surface area (Å²) < 4.78 is 1.76. The van der Waals surface area contributed by atoms with Gasteiger partial charge in [-0.3, -0.25) is 4.79 Å². The number of benzene rings is 2. The van der Waals surface area contributed by atoms with Crippen LogP contribution in [0.4, 0.5) is 5.82 Å². The summed E-state index contributed by atoms with van der Waals surface area (Å²) in [6.07, 6.45) is 2.28. The average molecular weight is 338 g/mol. The van der Waals surface area contributed by atoms with Crippen LogP contribution in [-0.4, -0.2) is 15.7 Å². The Kier molecular flexibility index (Phi) is 3.62. The van der Waals surface area contributed by atoms with Gasteiger partial charge in [0, 0.05) is 22.9 Å². The minimum atomic E-state index is 0.00437. The second kappa shape index (κ2) is 5.80. The number of aromatic nitrogens is 2. The Hall–Kier alpha value is -2.59. The van der Waals surface area contributed by atoms with Crippen LogP contribution in [0.25, 0.3) is 5.69 Å². The third kappa shape index (κ3) is 2.59. The first-order valence-corrected chi connectivity index (χ1v) is 8.20. The Morgan fingerprint density at radius 2 is 2.00 bits per heavy atom. The molecule has 3 aromatic rings. The maximum atomic E-state index is 12.3. The van der Waals surface area contributed by atoms with Crippen molar-refractivity contribution < 1.29 is 4.79 Å². The van der Waals surface area contributed by atoms with Crippen LogP contribution in [-0.2, 0) is 4.79 Å². The summed E-state index contributed by atoms with van der Waals surface area (Å²) >= 11 is 5.96.